The first-order chi connectivity index (χ1) is 8.55. The minimum atomic E-state index is -3.10. The van der Waals surface area contributed by atoms with E-state index in [0.29, 0.717) is 19.0 Å². The first-order valence-corrected chi connectivity index (χ1v) is 7.91. The molecule has 2 bridgehead atoms. The monoisotopic (exact) mass is 268 g/mol. The van der Waals surface area contributed by atoms with Gasteiger partial charge in [-0.2, -0.15) is 4.31 Å². The van der Waals surface area contributed by atoms with Crippen LogP contribution in [0.5, 0.6) is 0 Å². The van der Waals surface area contributed by atoms with Gasteiger partial charge in [-0.1, -0.05) is 0 Å². The van der Waals surface area contributed by atoms with Crippen LogP contribution in [0.1, 0.15) is 12.8 Å². The molecule has 0 aromatic carbocycles. The highest BCUT2D eigenvalue weighted by molar-refractivity contribution is 7.88. The van der Waals surface area contributed by atoms with Crippen LogP contribution in [0.25, 0.3) is 0 Å². The molecule has 2 fully saturated rings. The summed E-state index contributed by atoms with van der Waals surface area (Å²) in [5, 5.41) is 0. The summed E-state index contributed by atoms with van der Waals surface area (Å²) >= 11 is 0. The quantitative estimate of drug-likeness (QED) is 0.760. The zero-order valence-corrected chi connectivity index (χ0v) is 11.0. The van der Waals surface area contributed by atoms with Crippen LogP contribution in [-0.2, 0) is 10.0 Å². The molecule has 3 rings (SSSR count). The molecule has 2 saturated heterocycles. The minimum Gasteiger partial charge on any atom is -0.338 e. The van der Waals surface area contributed by atoms with Gasteiger partial charge in [-0.05, 0) is 18.9 Å². The van der Waals surface area contributed by atoms with Crippen LogP contribution in [-0.4, -0.2) is 54.1 Å². The molecule has 7 heteroatoms. The molecule has 0 aliphatic carbocycles. The van der Waals surface area contributed by atoms with Crippen molar-refractivity contribution in [2.75, 3.05) is 24.2 Å². The van der Waals surface area contributed by atoms with Gasteiger partial charge in [-0.15, -0.1) is 0 Å². The van der Waals surface area contributed by atoms with Crippen molar-refractivity contribution in [3.8, 4) is 0 Å². The largest absolute Gasteiger partial charge is 0.338 e. The van der Waals surface area contributed by atoms with E-state index < -0.39 is 10.0 Å². The number of fused-ring (bicyclic) bond motifs is 2. The van der Waals surface area contributed by atoms with Gasteiger partial charge in [-0.25, -0.2) is 18.4 Å². The lowest BCUT2D eigenvalue weighted by Crippen LogP contribution is -2.55. The molecule has 1 aromatic rings. The van der Waals surface area contributed by atoms with Crippen LogP contribution >= 0.6 is 0 Å². The molecule has 2 unspecified atom stereocenters. The number of hydrogen-bond donors (Lipinski definition) is 0. The Kier molecular flexibility index (Phi) is 2.74. The lowest BCUT2D eigenvalue weighted by Gasteiger charge is -2.39. The van der Waals surface area contributed by atoms with Crippen molar-refractivity contribution in [1.82, 2.24) is 14.3 Å². The Morgan fingerprint density at radius 2 is 1.72 bits per heavy atom. The van der Waals surface area contributed by atoms with Gasteiger partial charge in [0.1, 0.15) is 0 Å². The Hall–Kier alpha value is -1.21. The standard InChI is InChI=1S/C11H16N4O2S/c1-18(16,17)15-9-3-4-10(15)8-14(7-9)11-12-5-2-6-13-11/h2,5-6,9-10H,3-4,7-8H2,1H3. The number of piperazine rings is 1. The second kappa shape index (κ2) is 4.17. The first kappa shape index (κ1) is 11.9. The Labute approximate surface area is 107 Å². The molecule has 0 N–H and O–H groups in total. The third-order valence-electron chi connectivity index (χ3n) is 3.63. The van der Waals surface area contributed by atoms with Crippen molar-refractivity contribution in [3.63, 3.8) is 0 Å². The lowest BCUT2D eigenvalue weighted by atomic mass is 10.2. The summed E-state index contributed by atoms with van der Waals surface area (Å²) in [6.45, 7) is 1.38. The van der Waals surface area contributed by atoms with Crippen molar-refractivity contribution in [3.05, 3.63) is 18.5 Å². The van der Waals surface area contributed by atoms with Crippen molar-refractivity contribution in [2.24, 2.45) is 0 Å². The molecule has 6 nitrogen and oxygen atoms in total. The molecule has 0 radical (unpaired) electrons. The summed E-state index contributed by atoms with van der Waals surface area (Å²) in [4.78, 5) is 10.6. The summed E-state index contributed by atoms with van der Waals surface area (Å²) in [5.74, 6) is 0.697. The Bertz CT molecular complexity index is 519. The number of hydrogen-bond acceptors (Lipinski definition) is 5. The van der Waals surface area contributed by atoms with E-state index in [2.05, 4.69) is 14.9 Å². The summed E-state index contributed by atoms with van der Waals surface area (Å²) in [7, 11) is -3.10. The van der Waals surface area contributed by atoms with Crippen molar-refractivity contribution >= 4 is 16.0 Å². The maximum atomic E-state index is 11.8. The van der Waals surface area contributed by atoms with Gasteiger partial charge in [0.15, 0.2) is 0 Å². The van der Waals surface area contributed by atoms with E-state index in [1.807, 2.05) is 0 Å². The molecule has 2 aliphatic rings. The van der Waals surface area contributed by atoms with Crippen molar-refractivity contribution in [1.29, 1.82) is 0 Å². The zero-order valence-electron chi connectivity index (χ0n) is 10.2. The smallest absolute Gasteiger partial charge is 0.225 e. The van der Waals surface area contributed by atoms with Gasteiger partial charge in [0.25, 0.3) is 0 Å². The highest BCUT2D eigenvalue weighted by Crippen LogP contribution is 2.33. The Morgan fingerprint density at radius 3 is 2.22 bits per heavy atom. The van der Waals surface area contributed by atoms with E-state index in [9.17, 15) is 8.42 Å². The molecule has 98 valence electrons. The molecular formula is C11H16N4O2S. The second-order valence-corrected chi connectivity index (χ2v) is 6.82. The van der Waals surface area contributed by atoms with Gasteiger partial charge < -0.3 is 4.90 Å². The number of anilines is 1. The molecule has 2 aliphatic heterocycles. The van der Waals surface area contributed by atoms with E-state index in [1.54, 1.807) is 22.8 Å². The minimum absolute atomic E-state index is 0.0718. The SMILES string of the molecule is CS(=O)(=O)N1C2CCC1CN(c1ncccn1)C2. The van der Waals surface area contributed by atoms with Gasteiger partial charge in [0.2, 0.25) is 16.0 Å². The normalized spacial score (nSPS) is 28.6. The molecule has 0 spiro atoms. The Balaban J connectivity index is 1.84. The maximum absolute atomic E-state index is 11.8. The molecule has 1 aromatic heterocycles. The predicted octanol–water partition coefficient (Wildman–Crippen LogP) is 0.0892. The maximum Gasteiger partial charge on any atom is 0.225 e. The fourth-order valence-electron chi connectivity index (χ4n) is 3.02. The Morgan fingerprint density at radius 1 is 1.17 bits per heavy atom. The van der Waals surface area contributed by atoms with Crippen molar-refractivity contribution in [2.45, 2.75) is 24.9 Å². The molecule has 3 heterocycles. The highest BCUT2D eigenvalue weighted by Gasteiger charge is 2.45. The van der Waals surface area contributed by atoms with E-state index in [-0.39, 0.29) is 12.1 Å². The molecule has 18 heavy (non-hydrogen) atoms. The molecule has 0 amide bonds. The highest BCUT2D eigenvalue weighted by atomic mass is 32.2. The fraction of sp³-hybridized carbons (Fsp3) is 0.636. The van der Waals surface area contributed by atoms with Crippen LogP contribution in [0.2, 0.25) is 0 Å². The number of rotatable bonds is 2. The molecule has 2 atom stereocenters. The summed E-state index contributed by atoms with van der Waals surface area (Å²) in [6, 6.07) is 1.93. The average molecular weight is 268 g/mol. The van der Waals surface area contributed by atoms with Crippen molar-refractivity contribution < 1.29 is 8.42 Å². The van der Waals surface area contributed by atoms with Gasteiger partial charge in [-0.3, -0.25) is 0 Å². The van der Waals surface area contributed by atoms with Gasteiger partial charge in [0, 0.05) is 37.6 Å². The van der Waals surface area contributed by atoms with E-state index in [4.69, 9.17) is 0 Å². The number of sulfonamides is 1. The van der Waals surface area contributed by atoms with Crippen LogP contribution in [0, 0.1) is 0 Å². The second-order valence-electron chi connectivity index (χ2n) is 4.93. The van der Waals surface area contributed by atoms with Crippen LogP contribution in [0.3, 0.4) is 0 Å². The molecular weight excluding hydrogens is 252 g/mol. The third-order valence-corrected chi connectivity index (χ3v) is 5.00. The lowest BCUT2D eigenvalue weighted by molar-refractivity contribution is 0.286. The zero-order chi connectivity index (χ0) is 12.8. The molecule has 0 saturated carbocycles. The summed E-state index contributed by atoms with van der Waals surface area (Å²) in [6.07, 6.45) is 6.59. The van der Waals surface area contributed by atoms with Crippen LogP contribution in [0.4, 0.5) is 5.95 Å². The predicted molar refractivity (Wildman–Crippen MR) is 67.7 cm³/mol. The van der Waals surface area contributed by atoms with Crippen LogP contribution < -0.4 is 4.90 Å². The van der Waals surface area contributed by atoms with Gasteiger partial charge in [0.05, 0.1) is 6.26 Å². The van der Waals surface area contributed by atoms with E-state index >= 15 is 0 Å². The number of nitrogens with zero attached hydrogens (tertiary/aromatic N) is 4. The summed E-state index contributed by atoms with van der Waals surface area (Å²) in [5.41, 5.74) is 0. The van der Waals surface area contributed by atoms with Crippen LogP contribution in [0.15, 0.2) is 18.5 Å². The number of aromatic nitrogens is 2. The topological polar surface area (TPSA) is 66.4 Å². The fourth-order valence-corrected chi connectivity index (χ4v) is 4.45. The first-order valence-electron chi connectivity index (χ1n) is 6.06. The summed E-state index contributed by atoms with van der Waals surface area (Å²) < 4.78 is 25.2. The van der Waals surface area contributed by atoms with E-state index in [0.717, 1.165) is 12.8 Å². The van der Waals surface area contributed by atoms with Gasteiger partial charge >= 0.3 is 0 Å². The van der Waals surface area contributed by atoms with E-state index in [1.165, 1.54) is 6.26 Å². The average Bonchev–Trinajstić information content (AvgIpc) is 2.62. The third kappa shape index (κ3) is 1.97.